The SMILES string of the molecule is COc1cccc(Cc2ccc(NC(=O)C(/C=C\C=O)=N/N(C)C)nc2)c1. The summed E-state index contributed by atoms with van der Waals surface area (Å²) < 4.78 is 5.23. The fraction of sp³-hybridized carbons (Fsp3) is 0.200. The van der Waals surface area contributed by atoms with Gasteiger partial charge in [-0.25, -0.2) is 4.98 Å². The zero-order valence-electron chi connectivity index (χ0n) is 15.5. The lowest BCUT2D eigenvalue weighted by Crippen LogP contribution is -2.24. The number of hydrogen-bond acceptors (Lipinski definition) is 6. The van der Waals surface area contributed by atoms with Crippen molar-refractivity contribution in [1.29, 1.82) is 0 Å². The minimum atomic E-state index is -0.449. The number of allylic oxidation sites excluding steroid dienone is 1. The highest BCUT2D eigenvalue weighted by Gasteiger charge is 2.10. The predicted molar refractivity (Wildman–Crippen MR) is 105 cm³/mol. The van der Waals surface area contributed by atoms with E-state index < -0.39 is 5.91 Å². The first-order chi connectivity index (χ1) is 13.0. The summed E-state index contributed by atoms with van der Waals surface area (Å²) in [6.07, 6.45) is 5.56. The van der Waals surface area contributed by atoms with Gasteiger partial charge in [0.15, 0.2) is 0 Å². The first kappa shape index (κ1) is 19.8. The molecule has 0 saturated heterocycles. The van der Waals surface area contributed by atoms with E-state index in [1.165, 1.54) is 17.2 Å². The first-order valence-electron chi connectivity index (χ1n) is 8.29. The van der Waals surface area contributed by atoms with Crippen LogP contribution in [0.4, 0.5) is 5.82 Å². The summed E-state index contributed by atoms with van der Waals surface area (Å²) in [5.41, 5.74) is 2.21. The van der Waals surface area contributed by atoms with Gasteiger partial charge in [-0.2, -0.15) is 5.10 Å². The topological polar surface area (TPSA) is 83.9 Å². The van der Waals surface area contributed by atoms with Crippen LogP contribution < -0.4 is 10.1 Å². The predicted octanol–water partition coefficient (Wildman–Crippen LogP) is 2.29. The maximum atomic E-state index is 12.3. The van der Waals surface area contributed by atoms with Crippen molar-refractivity contribution in [3.63, 3.8) is 0 Å². The normalized spacial score (nSPS) is 11.3. The molecule has 7 nitrogen and oxygen atoms in total. The first-order valence-corrected chi connectivity index (χ1v) is 8.29. The molecule has 1 amide bonds. The quantitative estimate of drug-likeness (QED) is 0.335. The van der Waals surface area contributed by atoms with Gasteiger partial charge >= 0.3 is 0 Å². The van der Waals surface area contributed by atoms with Crippen molar-refractivity contribution in [1.82, 2.24) is 9.99 Å². The molecular weight excluding hydrogens is 344 g/mol. The van der Waals surface area contributed by atoms with Crippen LogP contribution in [-0.2, 0) is 16.0 Å². The number of pyridine rings is 1. The number of nitrogens with zero attached hydrogens (tertiary/aromatic N) is 3. The molecule has 0 aliphatic carbocycles. The Balaban J connectivity index is 2.06. The highest BCUT2D eigenvalue weighted by atomic mass is 16.5. The van der Waals surface area contributed by atoms with Gasteiger partial charge in [-0.3, -0.25) is 9.59 Å². The summed E-state index contributed by atoms with van der Waals surface area (Å²) in [5, 5.41) is 8.20. The molecule has 0 aliphatic rings. The molecule has 0 radical (unpaired) electrons. The summed E-state index contributed by atoms with van der Waals surface area (Å²) in [4.78, 5) is 27.1. The van der Waals surface area contributed by atoms with Gasteiger partial charge in [0.2, 0.25) is 0 Å². The van der Waals surface area contributed by atoms with E-state index in [0.29, 0.717) is 18.5 Å². The maximum Gasteiger partial charge on any atom is 0.277 e. The van der Waals surface area contributed by atoms with E-state index in [9.17, 15) is 9.59 Å². The molecule has 0 aliphatic heterocycles. The van der Waals surface area contributed by atoms with Gasteiger partial charge in [0.05, 0.1) is 7.11 Å². The number of nitrogens with one attached hydrogen (secondary N) is 1. The number of ether oxygens (including phenoxy) is 1. The van der Waals surface area contributed by atoms with Crippen molar-refractivity contribution >= 4 is 23.7 Å². The molecule has 1 N–H and O–H groups in total. The van der Waals surface area contributed by atoms with Gasteiger partial charge in [0.25, 0.3) is 5.91 Å². The van der Waals surface area contributed by atoms with Crippen LogP contribution in [0.2, 0.25) is 0 Å². The Morgan fingerprint density at radius 2 is 2.07 bits per heavy atom. The molecule has 27 heavy (non-hydrogen) atoms. The monoisotopic (exact) mass is 366 g/mol. The lowest BCUT2D eigenvalue weighted by atomic mass is 10.1. The third kappa shape index (κ3) is 6.39. The van der Waals surface area contributed by atoms with Crippen LogP contribution >= 0.6 is 0 Å². The molecule has 0 saturated carbocycles. The minimum absolute atomic E-state index is 0.106. The lowest BCUT2D eigenvalue weighted by molar-refractivity contribution is -0.110. The van der Waals surface area contributed by atoms with E-state index in [0.717, 1.165) is 16.9 Å². The molecule has 1 heterocycles. The van der Waals surface area contributed by atoms with E-state index in [2.05, 4.69) is 15.4 Å². The average molecular weight is 366 g/mol. The fourth-order valence-electron chi connectivity index (χ4n) is 2.30. The van der Waals surface area contributed by atoms with Crippen LogP contribution in [0.25, 0.3) is 0 Å². The largest absolute Gasteiger partial charge is 0.497 e. The van der Waals surface area contributed by atoms with Crippen LogP contribution in [-0.4, -0.2) is 49.1 Å². The van der Waals surface area contributed by atoms with Crippen molar-refractivity contribution in [3.05, 3.63) is 65.9 Å². The number of rotatable bonds is 8. The molecule has 0 fully saturated rings. The molecule has 2 rings (SSSR count). The average Bonchev–Trinajstić information content (AvgIpc) is 2.66. The van der Waals surface area contributed by atoms with Gasteiger partial charge in [0.1, 0.15) is 23.6 Å². The number of benzene rings is 1. The number of carbonyl (C=O) groups excluding carboxylic acids is 2. The third-order valence-electron chi connectivity index (χ3n) is 3.48. The Bertz CT molecular complexity index is 843. The fourth-order valence-corrected chi connectivity index (χ4v) is 2.30. The molecule has 7 heteroatoms. The molecule has 140 valence electrons. The van der Waals surface area contributed by atoms with Crippen molar-refractivity contribution in [2.24, 2.45) is 5.10 Å². The molecule has 1 aromatic carbocycles. The molecular formula is C20H22N4O3. The number of aromatic nitrogens is 1. The Labute approximate surface area is 158 Å². The number of amides is 1. The molecule has 0 atom stereocenters. The number of aldehydes is 1. The summed E-state index contributed by atoms with van der Waals surface area (Å²) in [7, 11) is 5.01. The van der Waals surface area contributed by atoms with Gasteiger partial charge in [0, 0.05) is 20.3 Å². The van der Waals surface area contributed by atoms with E-state index in [4.69, 9.17) is 4.74 Å². The van der Waals surface area contributed by atoms with Gasteiger partial charge in [-0.1, -0.05) is 18.2 Å². The standard InChI is InChI=1S/C20H22N4O3/c1-24(2)23-18(8-5-11-25)20(26)22-19-10-9-16(14-21-19)12-15-6-4-7-17(13-15)27-3/h4-11,13-14H,12H2,1-3H3,(H,21,22,26)/b8-5-,23-18+. The molecule has 2 aromatic rings. The van der Waals surface area contributed by atoms with Crippen LogP contribution in [0.5, 0.6) is 5.75 Å². The Kier molecular flexibility index (Phi) is 7.25. The summed E-state index contributed by atoms with van der Waals surface area (Å²) in [6.45, 7) is 0. The Hall–Kier alpha value is -3.48. The van der Waals surface area contributed by atoms with Crippen molar-refractivity contribution in [3.8, 4) is 5.75 Å². The van der Waals surface area contributed by atoms with Gasteiger partial charge < -0.3 is 15.1 Å². The number of hydrogen-bond donors (Lipinski definition) is 1. The maximum absolute atomic E-state index is 12.3. The van der Waals surface area contributed by atoms with Crippen molar-refractivity contribution < 1.29 is 14.3 Å². The second kappa shape index (κ2) is 9.86. The highest BCUT2D eigenvalue weighted by molar-refractivity contribution is 6.47. The van der Waals surface area contributed by atoms with E-state index >= 15 is 0 Å². The van der Waals surface area contributed by atoms with Crippen LogP contribution in [0, 0.1) is 0 Å². The third-order valence-corrected chi connectivity index (χ3v) is 3.48. The Morgan fingerprint density at radius 1 is 1.26 bits per heavy atom. The Morgan fingerprint density at radius 3 is 2.70 bits per heavy atom. The summed E-state index contributed by atoms with van der Waals surface area (Å²) in [6, 6.07) is 11.4. The smallest absolute Gasteiger partial charge is 0.277 e. The second-order valence-electron chi connectivity index (χ2n) is 5.86. The number of hydrazone groups is 1. The van der Waals surface area contributed by atoms with Gasteiger partial charge in [-0.15, -0.1) is 0 Å². The molecule has 1 aromatic heterocycles. The molecule has 0 unspecified atom stereocenters. The zero-order valence-corrected chi connectivity index (χ0v) is 15.5. The number of anilines is 1. The van der Waals surface area contributed by atoms with Crippen molar-refractivity contribution in [2.75, 3.05) is 26.5 Å². The van der Waals surface area contributed by atoms with E-state index in [1.807, 2.05) is 30.3 Å². The van der Waals surface area contributed by atoms with Gasteiger partial charge in [-0.05, 0) is 47.9 Å². The summed E-state index contributed by atoms with van der Waals surface area (Å²) in [5.74, 6) is 0.760. The van der Waals surface area contributed by atoms with Crippen molar-refractivity contribution in [2.45, 2.75) is 6.42 Å². The zero-order chi connectivity index (χ0) is 19.6. The highest BCUT2D eigenvalue weighted by Crippen LogP contribution is 2.16. The minimum Gasteiger partial charge on any atom is -0.497 e. The number of carbonyl (C=O) groups is 2. The van der Waals surface area contributed by atoms with E-state index in [-0.39, 0.29) is 5.71 Å². The molecule has 0 bridgehead atoms. The van der Waals surface area contributed by atoms with Crippen LogP contribution in [0.1, 0.15) is 11.1 Å². The summed E-state index contributed by atoms with van der Waals surface area (Å²) >= 11 is 0. The van der Waals surface area contributed by atoms with Crippen LogP contribution in [0.15, 0.2) is 59.8 Å². The van der Waals surface area contributed by atoms with E-state index in [1.54, 1.807) is 33.5 Å². The molecule has 0 spiro atoms. The lowest BCUT2D eigenvalue weighted by Gasteiger charge is -2.09. The second-order valence-corrected chi connectivity index (χ2v) is 5.86. The van der Waals surface area contributed by atoms with Crippen LogP contribution in [0.3, 0.4) is 0 Å². The number of methoxy groups -OCH3 is 1.